The summed E-state index contributed by atoms with van der Waals surface area (Å²) in [5.41, 5.74) is 7.45. The lowest BCUT2D eigenvalue weighted by Gasteiger charge is -2.25. The number of benzene rings is 8. The lowest BCUT2D eigenvalue weighted by molar-refractivity contribution is -0.0607. The van der Waals surface area contributed by atoms with Crippen LogP contribution >= 0.6 is 11.8 Å². The number of rotatable bonds is 13. The molecule has 0 N–H and O–H groups in total. The minimum Gasteiger partial charge on any atom is -0.461 e. The van der Waals surface area contributed by atoms with Crippen LogP contribution in [0.25, 0.3) is 44.5 Å². The lowest BCUT2D eigenvalue weighted by atomic mass is 10.0. The summed E-state index contributed by atoms with van der Waals surface area (Å²) in [5.74, 6) is -2.72. The molecule has 4 atom stereocenters. The van der Waals surface area contributed by atoms with E-state index in [1.54, 1.807) is 48.5 Å². The first-order chi connectivity index (χ1) is 32.4. The topological polar surface area (TPSA) is 105 Å². The first kappa shape index (κ1) is 43.3. The number of carbonyl (C=O) groups is 4. The molecule has 1 saturated heterocycles. The van der Waals surface area contributed by atoms with Crippen molar-refractivity contribution in [2.75, 3.05) is 6.61 Å². The summed E-state index contributed by atoms with van der Waals surface area (Å²) < 4.78 is 24.5. The molecular weight excluding hydrogens is 845 g/mol. The highest BCUT2D eigenvalue weighted by Gasteiger charge is 2.52. The molecule has 1 heterocycles. The molecule has 1 aliphatic rings. The van der Waals surface area contributed by atoms with Crippen molar-refractivity contribution >= 4 is 35.6 Å². The Morgan fingerprint density at radius 3 is 0.924 bits per heavy atom. The fourth-order valence-electron chi connectivity index (χ4n) is 7.70. The van der Waals surface area contributed by atoms with Crippen molar-refractivity contribution in [2.24, 2.45) is 0 Å². The summed E-state index contributed by atoms with van der Waals surface area (Å²) in [7, 11) is 0. The largest absolute Gasteiger partial charge is 0.461 e. The van der Waals surface area contributed by atoms with Gasteiger partial charge in [-0.2, -0.15) is 0 Å². The summed E-state index contributed by atoms with van der Waals surface area (Å²) >= 11 is 1.09. The van der Waals surface area contributed by atoms with Crippen molar-refractivity contribution in [2.45, 2.75) is 22.9 Å². The fourth-order valence-corrected chi connectivity index (χ4v) is 9.07. The highest BCUT2D eigenvalue weighted by Crippen LogP contribution is 2.41. The SMILES string of the molecule is O=C(OC[C@H]1SC(OC(=O)c2ccc(-c3ccccc3)cc2)[C@@H](OC(=O)c2ccc(-c3ccccc3)cc2)[C@H]1OC(=O)c1ccc(-c2ccccc2)cc1)c1ccc(-c2ccccc2)cc1. The van der Waals surface area contributed by atoms with Gasteiger partial charge in [-0.05, 0) is 93.0 Å². The summed E-state index contributed by atoms with van der Waals surface area (Å²) in [4.78, 5) is 55.7. The van der Waals surface area contributed by atoms with Gasteiger partial charge in [0.25, 0.3) is 0 Å². The van der Waals surface area contributed by atoms with Crippen molar-refractivity contribution in [1.82, 2.24) is 0 Å². The number of carbonyl (C=O) groups excluding carboxylic acids is 4. The summed E-state index contributed by atoms with van der Waals surface area (Å²) in [5, 5.41) is -0.832. The second-order valence-electron chi connectivity index (χ2n) is 15.6. The van der Waals surface area contributed by atoms with Crippen LogP contribution in [-0.2, 0) is 18.9 Å². The van der Waals surface area contributed by atoms with E-state index in [9.17, 15) is 19.2 Å². The van der Waals surface area contributed by atoms with Crippen molar-refractivity contribution in [3.63, 3.8) is 0 Å². The molecule has 9 rings (SSSR count). The maximum Gasteiger partial charge on any atom is 0.339 e. The zero-order chi connectivity index (χ0) is 45.2. The smallest absolute Gasteiger partial charge is 0.339 e. The van der Waals surface area contributed by atoms with Crippen LogP contribution in [0, 0.1) is 0 Å². The van der Waals surface area contributed by atoms with Gasteiger partial charge in [-0.25, -0.2) is 19.2 Å². The van der Waals surface area contributed by atoms with E-state index in [-0.39, 0.29) is 23.3 Å². The maximum absolute atomic E-state index is 14.1. The normalized spacial score (nSPS) is 16.4. The van der Waals surface area contributed by atoms with Gasteiger partial charge in [-0.15, -0.1) is 11.8 Å². The summed E-state index contributed by atoms with van der Waals surface area (Å²) in [6, 6.07) is 67.0. The fraction of sp³-hybridized carbons (Fsp3) is 0.0877. The van der Waals surface area contributed by atoms with Crippen molar-refractivity contribution < 1.29 is 38.1 Å². The van der Waals surface area contributed by atoms with E-state index in [1.165, 1.54) is 0 Å². The second-order valence-corrected chi connectivity index (χ2v) is 16.9. The Morgan fingerprint density at radius 2 is 0.591 bits per heavy atom. The van der Waals surface area contributed by atoms with E-state index in [2.05, 4.69) is 0 Å². The van der Waals surface area contributed by atoms with Gasteiger partial charge < -0.3 is 18.9 Å². The maximum atomic E-state index is 14.1. The molecule has 0 bridgehead atoms. The molecule has 8 aromatic carbocycles. The van der Waals surface area contributed by atoms with E-state index < -0.39 is 46.8 Å². The predicted octanol–water partition coefficient (Wildman–Crippen LogP) is 12.3. The molecule has 0 saturated carbocycles. The van der Waals surface area contributed by atoms with Gasteiger partial charge in [0.15, 0.2) is 17.6 Å². The van der Waals surface area contributed by atoms with Gasteiger partial charge in [0.05, 0.1) is 27.5 Å². The molecule has 66 heavy (non-hydrogen) atoms. The number of hydrogen-bond acceptors (Lipinski definition) is 9. The van der Waals surface area contributed by atoms with Gasteiger partial charge in [0.1, 0.15) is 6.61 Å². The van der Waals surface area contributed by atoms with Crippen LogP contribution in [0.1, 0.15) is 41.4 Å². The predicted molar refractivity (Wildman–Crippen MR) is 257 cm³/mol. The van der Waals surface area contributed by atoms with E-state index >= 15 is 0 Å². The Labute approximate surface area is 386 Å². The Hall–Kier alpha value is -8.01. The monoisotopic (exact) mass is 886 g/mol. The molecule has 0 amide bonds. The minimum absolute atomic E-state index is 0.233. The van der Waals surface area contributed by atoms with Gasteiger partial charge in [-0.3, -0.25) is 0 Å². The van der Waals surface area contributed by atoms with Crippen LogP contribution in [0.4, 0.5) is 0 Å². The molecule has 0 aromatic heterocycles. The Kier molecular flexibility index (Phi) is 13.3. The average molecular weight is 887 g/mol. The van der Waals surface area contributed by atoms with Crippen LogP contribution in [0.15, 0.2) is 218 Å². The summed E-state index contributed by atoms with van der Waals surface area (Å²) in [6.07, 6.45) is -2.54. The second kappa shape index (κ2) is 20.2. The number of ether oxygens (including phenoxy) is 4. The van der Waals surface area contributed by atoms with E-state index in [4.69, 9.17) is 18.9 Å². The van der Waals surface area contributed by atoms with Gasteiger partial charge in [-0.1, -0.05) is 170 Å². The molecule has 1 aliphatic heterocycles. The van der Waals surface area contributed by atoms with Crippen molar-refractivity contribution in [3.05, 3.63) is 241 Å². The first-order valence-corrected chi connectivity index (χ1v) is 22.4. The molecule has 8 aromatic rings. The molecule has 1 fully saturated rings. The Bertz CT molecular complexity index is 2910. The van der Waals surface area contributed by atoms with E-state index in [1.807, 2.05) is 170 Å². The minimum atomic E-state index is -1.31. The number of esters is 4. The molecule has 8 nitrogen and oxygen atoms in total. The quantitative estimate of drug-likeness (QED) is 0.0826. The van der Waals surface area contributed by atoms with Crippen LogP contribution in [0.5, 0.6) is 0 Å². The number of thioether (sulfide) groups is 1. The highest BCUT2D eigenvalue weighted by molar-refractivity contribution is 8.00. The molecule has 1 unspecified atom stereocenters. The Morgan fingerprint density at radius 1 is 0.318 bits per heavy atom. The van der Waals surface area contributed by atoms with Crippen molar-refractivity contribution in [1.29, 1.82) is 0 Å². The molecule has 0 radical (unpaired) electrons. The van der Waals surface area contributed by atoms with Gasteiger partial charge in [0.2, 0.25) is 0 Å². The summed E-state index contributed by atoms with van der Waals surface area (Å²) in [6.45, 7) is -0.269. The van der Waals surface area contributed by atoms with E-state index in [0.717, 1.165) is 56.3 Å². The lowest BCUT2D eigenvalue weighted by Crippen LogP contribution is -2.42. The average Bonchev–Trinajstić information content (AvgIpc) is 3.70. The third kappa shape index (κ3) is 10.2. The molecule has 324 valence electrons. The standard InChI is InChI=1S/C57H42O8S/c58-53(46-29-21-42(22-30-46)38-13-5-1-6-14-38)62-37-50-51(63-54(59)47-31-23-43(24-32-47)39-15-7-2-8-16-39)52(64-55(60)48-33-25-44(26-34-48)40-17-9-3-10-18-40)57(66-50)65-56(61)49-35-27-45(28-36-49)41-19-11-4-12-20-41/h1-36,50-52,57H,37H2/t50-,51+,52+,57?/m1/s1. The molecule has 0 aliphatic carbocycles. The molecule has 0 spiro atoms. The third-order valence-electron chi connectivity index (χ3n) is 11.3. The van der Waals surface area contributed by atoms with Crippen LogP contribution in [0.2, 0.25) is 0 Å². The zero-order valence-electron chi connectivity index (χ0n) is 35.5. The van der Waals surface area contributed by atoms with Crippen LogP contribution in [0.3, 0.4) is 0 Å². The van der Waals surface area contributed by atoms with E-state index in [0.29, 0.717) is 5.56 Å². The van der Waals surface area contributed by atoms with Gasteiger partial charge >= 0.3 is 23.9 Å². The zero-order valence-corrected chi connectivity index (χ0v) is 36.3. The van der Waals surface area contributed by atoms with Gasteiger partial charge in [0, 0.05) is 0 Å². The first-order valence-electron chi connectivity index (χ1n) is 21.4. The molecule has 9 heteroatoms. The highest BCUT2D eigenvalue weighted by atomic mass is 32.2. The molecular formula is C57H42O8S. The Balaban J connectivity index is 1.00. The van der Waals surface area contributed by atoms with Crippen LogP contribution in [-0.4, -0.2) is 53.4 Å². The van der Waals surface area contributed by atoms with Crippen molar-refractivity contribution in [3.8, 4) is 44.5 Å². The van der Waals surface area contributed by atoms with Crippen LogP contribution < -0.4 is 0 Å². The third-order valence-corrected chi connectivity index (χ3v) is 12.7. The number of hydrogen-bond donors (Lipinski definition) is 0.